The standard InChI is InChI=1S/C22H24N2O4/c1-15(2)14-24-19-13-17(9-10-20(19)28-16(3)22(24)26)23-21(25)11-12-27-18-7-5-4-6-8-18/h4-10,13,16H,1,11-12,14H2,2-3H3,(H,23,25). The van der Waals surface area contributed by atoms with Crippen molar-refractivity contribution in [2.45, 2.75) is 26.4 Å². The molecule has 0 aromatic heterocycles. The maximum Gasteiger partial charge on any atom is 0.268 e. The molecule has 6 heteroatoms. The summed E-state index contributed by atoms with van der Waals surface area (Å²) >= 11 is 0. The van der Waals surface area contributed by atoms with Gasteiger partial charge in [0.25, 0.3) is 5.91 Å². The van der Waals surface area contributed by atoms with E-state index in [2.05, 4.69) is 11.9 Å². The number of anilines is 2. The van der Waals surface area contributed by atoms with Gasteiger partial charge in [0.1, 0.15) is 11.5 Å². The summed E-state index contributed by atoms with van der Waals surface area (Å²) in [6, 6.07) is 14.6. The van der Waals surface area contributed by atoms with Gasteiger partial charge in [0, 0.05) is 12.2 Å². The van der Waals surface area contributed by atoms with E-state index in [-0.39, 0.29) is 24.8 Å². The summed E-state index contributed by atoms with van der Waals surface area (Å²) in [5.74, 6) is 1.04. The Kier molecular flexibility index (Phi) is 5.99. The van der Waals surface area contributed by atoms with Crippen LogP contribution in [0.1, 0.15) is 20.3 Å². The van der Waals surface area contributed by atoms with E-state index in [1.807, 2.05) is 37.3 Å². The molecule has 0 bridgehead atoms. The highest BCUT2D eigenvalue weighted by Crippen LogP contribution is 2.36. The minimum absolute atomic E-state index is 0.129. The van der Waals surface area contributed by atoms with Crippen LogP contribution in [0.2, 0.25) is 0 Å². The van der Waals surface area contributed by atoms with Crippen LogP contribution in [-0.2, 0) is 9.59 Å². The fourth-order valence-electron chi connectivity index (χ4n) is 2.92. The molecule has 0 fully saturated rings. The van der Waals surface area contributed by atoms with Crippen LogP contribution in [0.5, 0.6) is 11.5 Å². The number of hydrogen-bond acceptors (Lipinski definition) is 4. The first-order valence-electron chi connectivity index (χ1n) is 9.18. The average molecular weight is 380 g/mol. The Morgan fingerprint density at radius 2 is 2.00 bits per heavy atom. The monoisotopic (exact) mass is 380 g/mol. The summed E-state index contributed by atoms with van der Waals surface area (Å²) in [5, 5.41) is 2.84. The first-order chi connectivity index (χ1) is 13.4. The predicted molar refractivity (Wildman–Crippen MR) is 109 cm³/mol. The van der Waals surface area contributed by atoms with Gasteiger partial charge < -0.3 is 19.7 Å². The van der Waals surface area contributed by atoms with Gasteiger partial charge in [0.05, 0.1) is 18.7 Å². The maximum absolute atomic E-state index is 12.5. The molecule has 28 heavy (non-hydrogen) atoms. The number of nitrogens with one attached hydrogen (secondary N) is 1. The Morgan fingerprint density at radius 1 is 1.25 bits per heavy atom. The third kappa shape index (κ3) is 4.71. The molecule has 146 valence electrons. The zero-order valence-corrected chi connectivity index (χ0v) is 16.1. The van der Waals surface area contributed by atoms with Crippen LogP contribution in [0.15, 0.2) is 60.7 Å². The number of amides is 2. The third-order valence-corrected chi connectivity index (χ3v) is 4.22. The van der Waals surface area contributed by atoms with Gasteiger partial charge in [-0.2, -0.15) is 0 Å². The van der Waals surface area contributed by atoms with Gasteiger partial charge in [-0.3, -0.25) is 9.59 Å². The number of hydrogen-bond donors (Lipinski definition) is 1. The summed E-state index contributed by atoms with van der Waals surface area (Å²) < 4.78 is 11.2. The van der Waals surface area contributed by atoms with Crippen molar-refractivity contribution in [3.63, 3.8) is 0 Å². The number of rotatable bonds is 7. The van der Waals surface area contributed by atoms with E-state index in [9.17, 15) is 9.59 Å². The molecular weight excluding hydrogens is 356 g/mol. The van der Waals surface area contributed by atoms with Crippen LogP contribution in [0.25, 0.3) is 0 Å². The molecule has 1 N–H and O–H groups in total. The topological polar surface area (TPSA) is 67.9 Å². The largest absolute Gasteiger partial charge is 0.493 e. The van der Waals surface area contributed by atoms with E-state index in [1.165, 1.54) is 0 Å². The molecule has 2 aromatic carbocycles. The molecule has 0 saturated carbocycles. The van der Waals surface area contributed by atoms with Gasteiger partial charge in [-0.1, -0.05) is 30.4 Å². The third-order valence-electron chi connectivity index (χ3n) is 4.22. The quantitative estimate of drug-likeness (QED) is 0.742. The van der Waals surface area contributed by atoms with E-state index >= 15 is 0 Å². The van der Waals surface area contributed by atoms with Crippen molar-refractivity contribution >= 4 is 23.2 Å². The van der Waals surface area contributed by atoms with Crippen molar-refractivity contribution in [1.82, 2.24) is 0 Å². The second kappa shape index (κ2) is 8.61. The predicted octanol–water partition coefficient (Wildman–Crippen LogP) is 3.78. The number of fused-ring (bicyclic) bond motifs is 1. The van der Waals surface area contributed by atoms with Gasteiger partial charge in [0.15, 0.2) is 6.10 Å². The highest BCUT2D eigenvalue weighted by molar-refractivity contribution is 6.01. The van der Waals surface area contributed by atoms with Crippen molar-refractivity contribution in [2.24, 2.45) is 0 Å². The van der Waals surface area contributed by atoms with Gasteiger partial charge >= 0.3 is 0 Å². The lowest BCUT2D eigenvalue weighted by molar-refractivity contribution is -0.125. The highest BCUT2D eigenvalue weighted by Gasteiger charge is 2.31. The number of benzene rings is 2. The second-order valence-electron chi connectivity index (χ2n) is 6.78. The Morgan fingerprint density at radius 3 is 2.71 bits per heavy atom. The zero-order valence-electron chi connectivity index (χ0n) is 16.1. The Balaban J connectivity index is 1.65. The molecule has 1 unspecified atom stereocenters. The van der Waals surface area contributed by atoms with Gasteiger partial charge in [0.2, 0.25) is 5.91 Å². The Labute approximate surface area is 164 Å². The minimum atomic E-state index is -0.553. The SMILES string of the molecule is C=C(C)CN1C(=O)C(C)Oc2ccc(NC(=O)CCOc3ccccc3)cc21. The molecule has 0 radical (unpaired) electrons. The van der Waals surface area contributed by atoms with Crippen molar-refractivity contribution in [3.8, 4) is 11.5 Å². The molecule has 1 aliphatic rings. The second-order valence-corrected chi connectivity index (χ2v) is 6.78. The van der Waals surface area contributed by atoms with Gasteiger partial charge in [-0.15, -0.1) is 0 Å². The molecule has 1 aliphatic heterocycles. The van der Waals surface area contributed by atoms with E-state index < -0.39 is 6.10 Å². The zero-order chi connectivity index (χ0) is 20.1. The molecule has 0 spiro atoms. The Bertz CT molecular complexity index is 879. The van der Waals surface area contributed by atoms with Crippen LogP contribution in [0.3, 0.4) is 0 Å². The fourth-order valence-corrected chi connectivity index (χ4v) is 2.92. The number of nitrogens with zero attached hydrogens (tertiary/aromatic N) is 1. The smallest absolute Gasteiger partial charge is 0.268 e. The lowest BCUT2D eigenvalue weighted by Gasteiger charge is -2.33. The van der Waals surface area contributed by atoms with Crippen LogP contribution in [-0.4, -0.2) is 31.1 Å². The molecule has 2 amide bonds. The molecular formula is C22H24N2O4. The summed E-state index contributed by atoms with van der Waals surface area (Å²) in [5.41, 5.74) is 2.09. The summed E-state index contributed by atoms with van der Waals surface area (Å²) in [4.78, 5) is 26.4. The number of carbonyl (C=O) groups is 2. The fraction of sp³-hybridized carbons (Fsp3) is 0.273. The molecule has 3 rings (SSSR count). The first kappa shape index (κ1) is 19.5. The summed E-state index contributed by atoms with van der Waals surface area (Å²) in [7, 11) is 0. The molecule has 6 nitrogen and oxygen atoms in total. The van der Waals surface area contributed by atoms with Crippen LogP contribution >= 0.6 is 0 Å². The maximum atomic E-state index is 12.5. The molecule has 0 saturated heterocycles. The van der Waals surface area contributed by atoms with Crippen LogP contribution < -0.4 is 19.7 Å². The van der Waals surface area contributed by atoms with Gasteiger partial charge in [-0.25, -0.2) is 0 Å². The van der Waals surface area contributed by atoms with Gasteiger partial charge in [-0.05, 0) is 44.2 Å². The van der Waals surface area contributed by atoms with Crippen molar-refractivity contribution in [3.05, 3.63) is 60.7 Å². The molecule has 1 atom stereocenters. The number of ether oxygens (including phenoxy) is 2. The van der Waals surface area contributed by atoms with E-state index in [4.69, 9.17) is 9.47 Å². The average Bonchev–Trinajstić information content (AvgIpc) is 2.66. The van der Waals surface area contributed by atoms with Crippen molar-refractivity contribution in [2.75, 3.05) is 23.4 Å². The summed E-state index contributed by atoms with van der Waals surface area (Å²) in [6.45, 7) is 8.16. The van der Waals surface area contributed by atoms with Crippen molar-refractivity contribution in [1.29, 1.82) is 0 Å². The number of para-hydroxylation sites is 1. The lowest BCUT2D eigenvalue weighted by Crippen LogP contribution is -2.45. The van der Waals surface area contributed by atoms with Crippen LogP contribution in [0, 0.1) is 0 Å². The molecule has 1 heterocycles. The lowest BCUT2D eigenvalue weighted by atomic mass is 10.1. The van der Waals surface area contributed by atoms with E-state index in [0.717, 1.165) is 11.3 Å². The van der Waals surface area contributed by atoms with Crippen molar-refractivity contribution < 1.29 is 19.1 Å². The first-order valence-corrected chi connectivity index (χ1v) is 9.18. The normalized spacial score (nSPS) is 15.4. The molecule has 2 aromatic rings. The number of carbonyl (C=O) groups excluding carboxylic acids is 2. The minimum Gasteiger partial charge on any atom is -0.493 e. The summed E-state index contributed by atoms with van der Waals surface area (Å²) in [6.07, 6.45) is -0.337. The van der Waals surface area contributed by atoms with E-state index in [1.54, 1.807) is 30.0 Å². The Hall–Kier alpha value is -3.28. The highest BCUT2D eigenvalue weighted by atomic mass is 16.5. The van der Waals surface area contributed by atoms with E-state index in [0.29, 0.717) is 23.7 Å². The molecule has 0 aliphatic carbocycles. The van der Waals surface area contributed by atoms with Crippen LogP contribution in [0.4, 0.5) is 11.4 Å².